The molecular weight excluding hydrogens is 699 g/mol. The predicted molar refractivity (Wildman–Crippen MR) is 232 cm³/mol. The first-order valence-corrected chi connectivity index (χ1v) is 23.5. The van der Waals surface area contributed by atoms with Crippen LogP contribution in [-0.4, -0.2) is 12.6 Å². The monoisotopic (exact) mass is 743 g/mol. The third-order valence-electron chi connectivity index (χ3n) is 12.3. The van der Waals surface area contributed by atoms with E-state index in [-0.39, 0.29) is 0 Å². The van der Waals surface area contributed by atoms with Crippen LogP contribution in [0.25, 0.3) is 72.4 Å². The third kappa shape index (κ3) is 4.46. The van der Waals surface area contributed by atoms with E-state index in [1.165, 1.54) is 55.3 Å². The van der Waals surface area contributed by atoms with Gasteiger partial charge in [-0.25, -0.2) is 0 Å². The fourth-order valence-corrected chi connectivity index (χ4v) is 11.7. The molecular formula is C51H45N3OSi+2. The minimum absolute atomic E-state index is 0.556. The maximum absolute atomic E-state index is 7.05. The van der Waals surface area contributed by atoms with Gasteiger partial charge in [0.1, 0.15) is 16.8 Å². The molecule has 0 aliphatic carbocycles. The lowest BCUT2D eigenvalue weighted by Gasteiger charge is -2.24. The quantitative estimate of drug-likeness (QED) is 0.127. The fraction of sp³-hybridized carbons (Fsp3) is 0.176. The average molecular weight is 744 g/mol. The van der Waals surface area contributed by atoms with Gasteiger partial charge in [-0.2, -0.15) is 4.57 Å². The normalized spacial score (nSPS) is 15.6. The van der Waals surface area contributed by atoms with Gasteiger partial charge in [-0.05, 0) is 90.6 Å². The first-order valence-electron chi connectivity index (χ1n) is 20.0. The molecule has 4 nitrogen and oxygen atoms in total. The summed E-state index contributed by atoms with van der Waals surface area (Å²) in [6, 6.07) is 51.6. The van der Waals surface area contributed by atoms with Crippen LogP contribution in [0.2, 0.25) is 19.6 Å². The van der Waals surface area contributed by atoms with Crippen LogP contribution in [0.5, 0.6) is 0 Å². The lowest BCUT2D eigenvalue weighted by Crippen LogP contribution is -2.72. The van der Waals surface area contributed by atoms with E-state index in [9.17, 15) is 0 Å². The molecule has 1 spiro atoms. The van der Waals surface area contributed by atoms with Gasteiger partial charge in [-0.15, -0.1) is 9.13 Å². The zero-order valence-corrected chi connectivity index (χ0v) is 33.9. The Morgan fingerprint density at radius 3 is 2.30 bits per heavy atom. The molecule has 0 saturated heterocycles. The van der Waals surface area contributed by atoms with Crippen molar-refractivity contribution in [2.45, 2.75) is 52.5 Å². The minimum Gasteiger partial charge on any atom is -0.455 e. The Morgan fingerprint density at radius 1 is 0.714 bits per heavy atom. The Morgan fingerprint density at radius 2 is 1.48 bits per heavy atom. The molecule has 9 aromatic rings. The van der Waals surface area contributed by atoms with Gasteiger partial charge >= 0.3 is 11.5 Å². The number of aromatic nitrogens is 3. The first-order chi connectivity index (χ1) is 27.1. The number of fused-ring (bicyclic) bond motifs is 16. The van der Waals surface area contributed by atoms with Crippen molar-refractivity contribution in [2.75, 3.05) is 0 Å². The van der Waals surface area contributed by atoms with Crippen LogP contribution in [0.1, 0.15) is 36.1 Å². The largest absolute Gasteiger partial charge is 0.455 e. The van der Waals surface area contributed by atoms with Crippen LogP contribution in [0.15, 0.2) is 150 Å². The van der Waals surface area contributed by atoms with E-state index < -0.39 is 13.7 Å². The summed E-state index contributed by atoms with van der Waals surface area (Å²) in [6.45, 7) is 14.4. The van der Waals surface area contributed by atoms with Gasteiger partial charge < -0.3 is 4.42 Å². The molecule has 6 aromatic carbocycles. The Hall–Kier alpha value is -6.04. The number of pyridine rings is 1. The summed E-state index contributed by atoms with van der Waals surface area (Å²) < 4.78 is 14.9. The predicted octanol–water partition coefficient (Wildman–Crippen LogP) is 11.1. The second kappa shape index (κ2) is 11.7. The van der Waals surface area contributed by atoms with E-state index in [2.05, 4.69) is 200 Å². The van der Waals surface area contributed by atoms with Crippen molar-refractivity contribution in [1.82, 2.24) is 4.57 Å². The van der Waals surface area contributed by atoms with Crippen molar-refractivity contribution < 1.29 is 13.6 Å². The zero-order valence-electron chi connectivity index (χ0n) is 32.9. The van der Waals surface area contributed by atoms with Gasteiger partial charge in [0.25, 0.3) is 0 Å². The Balaban J connectivity index is 1.35. The molecule has 0 amide bonds. The molecule has 56 heavy (non-hydrogen) atoms. The maximum Gasteiger partial charge on any atom is 0.364 e. The molecule has 0 fully saturated rings. The number of imidazole rings is 1. The van der Waals surface area contributed by atoms with Gasteiger partial charge in [0, 0.05) is 22.0 Å². The van der Waals surface area contributed by atoms with Crippen molar-refractivity contribution in [1.29, 1.82) is 0 Å². The molecule has 0 bridgehead atoms. The number of benzene rings is 6. The Labute approximate surface area is 328 Å². The molecule has 5 heterocycles. The van der Waals surface area contributed by atoms with Crippen molar-refractivity contribution in [3.63, 3.8) is 0 Å². The van der Waals surface area contributed by atoms with E-state index in [0.29, 0.717) is 5.92 Å². The number of furan rings is 1. The smallest absolute Gasteiger partial charge is 0.364 e. The van der Waals surface area contributed by atoms with Gasteiger partial charge in [-0.1, -0.05) is 118 Å². The number of para-hydroxylation sites is 3. The minimum atomic E-state index is -1.81. The summed E-state index contributed by atoms with van der Waals surface area (Å²) in [7, 11) is -1.81. The molecule has 2 aliphatic heterocycles. The van der Waals surface area contributed by atoms with Crippen LogP contribution in [0.4, 0.5) is 0 Å². The number of rotatable bonds is 5. The molecule has 0 saturated carbocycles. The molecule has 272 valence electrons. The molecule has 5 heteroatoms. The molecule has 2 aliphatic rings. The number of aryl methyl sites for hydroxylation is 1. The van der Waals surface area contributed by atoms with Crippen LogP contribution < -0.4 is 14.3 Å². The average Bonchev–Trinajstić information content (AvgIpc) is 3.90. The van der Waals surface area contributed by atoms with Gasteiger partial charge in [0.05, 0.1) is 24.8 Å². The van der Waals surface area contributed by atoms with E-state index >= 15 is 0 Å². The number of hydrogen-bond acceptors (Lipinski definition) is 1. The highest BCUT2D eigenvalue weighted by molar-refractivity contribution is 6.89. The highest BCUT2D eigenvalue weighted by atomic mass is 28.3. The SMILES string of the molecule is Cc1ccc2c(c1)C1(c3ccc4c(oc5ccccc54)c3-c3n(-c4cccc(-c5ccccc5)c4)c4ccccc4[n+]31)[n+]1cc([Si](C)(C)C)c(CC(C)C)cc1-2. The van der Waals surface area contributed by atoms with Crippen LogP contribution in [0.3, 0.4) is 0 Å². The number of nitrogens with zero attached hydrogens (tertiary/aromatic N) is 3. The summed E-state index contributed by atoms with van der Waals surface area (Å²) in [5, 5.41) is 3.81. The van der Waals surface area contributed by atoms with Gasteiger partial charge in [-0.3, -0.25) is 0 Å². The lowest BCUT2D eigenvalue weighted by molar-refractivity contribution is -0.944. The highest BCUT2D eigenvalue weighted by Gasteiger charge is 2.67. The molecule has 11 rings (SSSR count). The fourth-order valence-electron chi connectivity index (χ4n) is 10.0. The van der Waals surface area contributed by atoms with Crippen molar-refractivity contribution >= 4 is 46.2 Å². The van der Waals surface area contributed by atoms with Gasteiger partial charge in [0.15, 0.2) is 22.8 Å². The highest BCUT2D eigenvalue weighted by Crippen LogP contribution is 2.52. The Bertz CT molecular complexity index is 3090. The van der Waals surface area contributed by atoms with Gasteiger partial charge in [0.2, 0.25) is 5.69 Å². The van der Waals surface area contributed by atoms with E-state index in [1.807, 2.05) is 0 Å². The molecule has 3 aromatic heterocycles. The van der Waals surface area contributed by atoms with Crippen molar-refractivity contribution in [3.8, 4) is 39.5 Å². The van der Waals surface area contributed by atoms with Crippen molar-refractivity contribution in [3.05, 3.63) is 168 Å². The van der Waals surface area contributed by atoms with E-state index in [4.69, 9.17) is 4.42 Å². The topological polar surface area (TPSA) is 25.8 Å². The summed E-state index contributed by atoms with van der Waals surface area (Å²) >= 11 is 0. The zero-order chi connectivity index (χ0) is 38.1. The standard InChI is InChI=1S/C51H45N3OSi/c1-32(2)27-36-30-45-40-24-23-33(3)28-42(40)51(52(45)31-47(36)56(4,5)6)41-26-25-39-38-19-10-13-22-46(38)55-49(39)48(41)50-53(43-20-11-12-21-44(43)54(50)51)37-18-14-17-35(29-37)34-15-8-7-9-16-34/h7-26,28-32H,27H2,1-6H3/q+2. The van der Waals surface area contributed by atoms with Crippen LogP contribution in [-0.2, 0) is 12.1 Å². The summed E-state index contributed by atoms with van der Waals surface area (Å²) in [5.41, 5.74) is 16.0. The molecule has 1 unspecified atom stereocenters. The summed E-state index contributed by atoms with van der Waals surface area (Å²) in [5.74, 6) is 1.69. The Kier molecular flexibility index (Phi) is 6.98. The summed E-state index contributed by atoms with van der Waals surface area (Å²) in [6.07, 6.45) is 3.64. The van der Waals surface area contributed by atoms with Crippen LogP contribution >= 0.6 is 0 Å². The summed E-state index contributed by atoms with van der Waals surface area (Å²) in [4.78, 5) is 0. The first kappa shape index (κ1) is 33.3. The van der Waals surface area contributed by atoms with Crippen molar-refractivity contribution in [2.24, 2.45) is 5.92 Å². The molecule has 0 N–H and O–H groups in total. The second-order valence-corrected chi connectivity index (χ2v) is 22.4. The third-order valence-corrected chi connectivity index (χ3v) is 14.3. The maximum atomic E-state index is 7.05. The molecule has 0 radical (unpaired) electrons. The second-order valence-electron chi connectivity index (χ2n) is 17.4. The van der Waals surface area contributed by atoms with E-state index in [0.717, 1.165) is 51.0 Å². The number of hydrogen-bond donors (Lipinski definition) is 0. The lowest BCUT2D eigenvalue weighted by atomic mass is 9.88. The van der Waals surface area contributed by atoms with Crippen LogP contribution in [0, 0.1) is 12.8 Å². The molecule has 1 atom stereocenters. The van der Waals surface area contributed by atoms with E-state index in [1.54, 1.807) is 0 Å².